The van der Waals surface area contributed by atoms with Gasteiger partial charge in [0.1, 0.15) is 108 Å². The molecule has 44 heteroatoms. The highest BCUT2D eigenvalue weighted by Crippen LogP contribution is 2.59. The topological polar surface area (TPSA) is 532 Å². The summed E-state index contributed by atoms with van der Waals surface area (Å²) in [5.74, 6) is 0.269. The van der Waals surface area contributed by atoms with Gasteiger partial charge in [-0.25, -0.2) is 33.6 Å². The maximum Gasteiger partial charge on any atom is 0.472 e. The van der Waals surface area contributed by atoms with Gasteiger partial charge >= 0.3 is 29.2 Å². The van der Waals surface area contributed by atoms with Gasteiger partial charge in [-0.2, -0.15) is 4.98 Å². The van der Waals surface area contributed by atoms with Crippen LogP contribution in [0.4, 0.5) is 17.5 Å². The van der Waals surface area contributed by atoms with Gasteiger partial charge in [-0.15, -0.1) is 0 Å². The molecule has 14 rings (SSSR count). The number of fused-ring (bicyclic) bond motifs is 10. The van der Waals surface area contributed by atoms with Crippen molar-refractivity contribution in [1.82, 2.24) is 53.2 Å². The second kappa shape index (κ2) is 23.8. The number of aromatic amines is 2. The predicted molar refractivity (Wildman–Crippen MR) is 312 cm³/mol. The van der Waals surface area contributed by atoms with Gasteiger partial charge < -0.3 is 99.0 Å². The molecule has 0 aliphatic carbocycles. The van der Waals surface area contributed by atoms with E-state index in [1.165, 1.54) is 61.5 Å². The average Bonchev–Trinajstić information content (AvgIpc) is 1.68. The molecule has 20 atom stereocenters. The Bertz CT molecular complexity index is 4420. The summed E-state index contributed by atoms with van der Waals surface area (Å²) in [4.78, 5) is 83.0. The molecule has 38 nitrogen and oxygen atoms in total. The van der Waals surface area contributed by atoms with Crippen LogP contribution >= 0.6 is 41.4 Å². The Balaban J connectivity index is 0.000000165. The second-order valence-electron chi connectivity index (χ2n) is 21.2. The van der Waals surface area contributed by atoms with E-state index in [1.54, 1.807) is 31.3 Å². The molecule has 0 saturated carbocycles. The van der Waals surface area contributed by atoms with Crippen molar-refractivity contribution in [2.24, 2.45) is 0 Å². The molecular formula is C46H54N14O24P4S2. The second-order valence-corrected chi connectivity index (χ2v) is 29.6. The zero-order valence-electron chi connectivity index (χ0n) is 45.9. The molecule has 8 aromatic heterocycles. The van der Waals surface area contributed by atoms with Gasteiger partial charge in [0, 0.05) is 42.1 Å². The lowest BCUT2D eigenvalue weighted by Crippen LogP contribution is -2.36. The van der Waals surface area contributed by atoms with E-state index in [0.29, 0.717) is 27.8 Å². The highest BCUT2D eigenvalue weighted by Gasteiger charge is 2.56. The van der Waals surface area contributed by atoms with Gasteiger partial charge in [-0.3, -0.25) is 46.2 Å². The fourth-order valence-corrected chi connectivity index (χ4v) is 16.1. The summed E-state index contributed by atoms with van der Waals surface area (Å²) in [6.45, 7) is -9.62. The number of nitrogens with one attached hydrogen (secondary N) is 2. The molecule has 8 unspecified atom stereocenters. The number of aliphatic hydroxyl groups excluding tert-OH is 4. The van der Waals surface area contributed by atoms with Crippen LogP contribution in [0.2, 0.25) is 0 Å². The molecule has 6 aliphatic rings. The number of ether oxygens (including phenoxy) is 4. The normalized spacial score (nSPS) is 37.7. The molecule has 8 aromatic rings. The number of hydrogen-bond donors (Lipinski definition) is 13. The molecule has 0 aromatic carbocycles. The Kier molecular flexibility index (Phi) is 16.7. The lowest BCUT2D eigenvalue weighted by Gasteiger charge is -2.27. The van der Waals surface area contributed by atoms with Gasteiger partial charge in [0.25, 0.3) is 11.1 Å². The molecule has 6 fully saturated rings. The van der Waals surface area contributed by atoms with Crippen LogP contribution in [0.3, 0.4) is 0 Å². The standard InChI is InChI=1S/C23H27N7O13P2S.C23H27N7O11P2S/c1-8-25-17-9(19(33)26-8)3-5-30(17)22-16-13(31)11(40-22)6-38-44(35,36)42-15-12(7-39-45(37,46)43-16)41-21(14(15)32)29-4-2-10-18(29)27-23(24)28-20(10)34;24-12-1-4-26-20-10(12)2-5-30(20)23-18-15(31)13(38-23)7-36-42(33,34)40-17-14(8-37-43(35,44)41-18)39-22(16(17)32)29-6-3-11-19(25)27-9-28-21(11)29/h2-5,11-16,21-22,31-32H,6-7H2,1H3,(H,35,36)(H,37,46)(H,25,26,33)(H3,24,27,28,34);1-6,9,13-18,22-23,31-32H,7-8H2,(H2,24,26)(H,33,34)(H,35,44)(H2,25,27,28)/t11-,12-,13?,14?,15+,16+,21-,22-,45?;13-,14-,15?,16?,17+,18+,22-,23-,43?/m11/s1. The van der Waals surface area contributed by atoms with E-state index in [-0.39, 0.29) is 39.7 Å². The number of phosphoric ester groups is 2. The Hall–Kier alpha value is -5.52. The SMILES string of the molecule is Cc1nc2c(ccn2[C@@H]2O[C@@H]3COP(=O)(O)O[C@@H]4C(O)[C@H](n5ccc6c(=O)[nH]c(N)nc65)O[C@@H]4COP(O)(=S)O[C@H]2C3O)c(=O)[nH]1.Nc1ncnc2c1ccn2[C@@H]1O[C@@H]2COP(=O)(S)O[C@H]3C(O)[C@@H](COP(=O)(O)O[C@@H]2C1O)O[C@H]3n1ccc2c(N)ccnc21. The number of thiol groups is 1. The number of anilines is 3. The first kappa shape index (κ1) is 63.2. The zero-order chi connectivity index (χ0) is 63.7. The average molecular weight is 1380 g/mol. The fraction of sp³-hybridized carbons (Fsp3) is 0.457. The minimum absolute atomic E-state index is 0.0389. The highest BCUT2D eigenvalue weighted by atomic mass is 32.7. The molecular weight excluding hydrogens is 1320 g/mol. The van der Waals surface area contributed by atoms with Gasteiger partial charge in [0.2, 0.25) is 5.95 Å². The first-order chi connectivity index (χ1) is 42.6. The van der Waals surface area contributed by atoms with Crippen LogP contribution < -0.4 is 28.3 Å². The number of aryl methyl sites for hydroxylation is 1. The van der Waals surface area contributed by atoms with Gasteiger partial charge in [-0.05, 0) is 49.1 Å². The number of nitrogens with zero attached hydrogens (tertiary/aromatic N) is 9. The van der Waals surface area contributed by atoms with Crippen molar-refractivity contribution < 1.29 is 104 Å². The lowest BCUT2D eigenvalue weighted by atomic mass is 10.1. The highest BCUT2D eigenvalue weighted by molar-refractivity contribution is 8.44. The minimum atomic E-state index is -5.02. The molecule has 0 amide bonds. The lowest BCUT2D eigenvalue weighted by molar-refractivity contribution is -0.0634. The van der Waals surface area contributed by atoms with E-state index < -0.39 is 165 Å². The Morgan fingerprint density at radius 3 is 1.61 bits per heavy atom. The maximum atomic E-state index is 13.5. The third-order valence-electron chi connectivity index (χ3n) is 15.5. The summed E-state index contributed by atoms with van der Waals surface area (Å²) in [6.07, 6.45) is -13.9. The minimum Gasteiger partial charge on any atom is -0.398 e. The third kappa shape index (κ3) is 11.9. The van der Waals surface area contributed by atoms with Crippen LogP contribution in [-0.2, 0) is 80.6 Å². The van der Waals surface area contributed by atoms with Crippen molar-refractivity contribution in [2.75, 3.05) is 43.6 Å². The summed E-state index contributed by atoms with van der Waals surface area (Å²) >= 11 is 9.35. The number of nitrogens with two attached hydrogens (primary N) is 3. The Morgan fingerprint density at radius 2 is 1.01 bits per heavy atom. The Morgan fingerprint density at radius 1 is 0.544 bits per heavy atom. The van der Waals surface area contributed by atoms with E-state index in [0.717, 1.165) is 0 Å². The fourth-order valence-electron chi connectivity index (χ4n) is 11.3. The number of hydrogen-bond acceptors (Lipinski definition) is 30. The van der Waals surface area contributed by atoms with Crippen molar-refractivity contribution >= 4 is 115 Å². The van der Waals surface area contributed by atoms with E-state index in [2.05, 4.69) is 47.1 Å². The van der Waals surface area contributed by atoms with Crippen molar-refractivity contribution in [2.45, 2.75) is 105 Å². The molecule has 484 valence electrons. The van der Waals surface area contributed by atoms with Crippen molar-refractivity contribution in [3.05, 3.63) is 94.2 Å². The Labute approximate surface area is 512 Å². The van der Waals surface area contributed by atoms with Crippen LogP contribution in [0.5, 0.6) is 0 Å². The first-order valence-electron chi connectivity index (χ1n) is 26.8. The third-order valence-corrected chi connectivity index (χ3v) is 20.6. The van der Waals surface area contributed by atoms with Crippen molar-refractivity contribution in [3.8, 4) is 0 Å². The molecule has 0 spiro atoms. The number of rotatable bonds is 4. The first-order valence-corrected chi connectivity index (χ1v) is 35.1. The molecule has 15 N–H and O–H groups in total. The molecule has 6 aliphatic heterocycles. The number of pyridine rings is 1. The molecule has 90 heavy (non-hydrogen) atoms. The van der Waals surface area contributed by atoms with Gasteiger partial charge in [-0.1, -0.05) is 12.2 Å². The van der Waals surface area contributed by atoms with E-state index in [1.807, 2.05) is 0 Å². The number of aromatic nitrogens is 11. The van der Waals surface area contributed by atoms with E-state index in [4.69, 9.17) is 84.1 Å². The predicted octanol–water partition coefficient (Wildman–Crippen LogP) is 0.122. The van der Waals surface area contributed by atoms with Crippen LogP contribution in [0.1, 0.15) is 30.7 Å². The van der Waals surface area contributed by atoms with Gasteiger partial charge in [0.15, 0.2) is 30.6 Å². The summed E-state index contributed by atoms with van der Waals surface area (Å²) in [5, 5.41) is 46.1. The number of phosphoric acid groups is 2. The smallest absolute Gasteiger partial charge is 0.398 e. The quantitative estimate of drug-likeness (QED) is 0.0822. The van der Waals surface area contributed by atoms with Crippen LogP contribution in [0.15, 0.2) is 77.2 Å². The maximum absolute atomic E-state index is 13.5. The molecule has 0 radical (unpaired) electrons. The molecule has 14 heterocycles. The van der Waals surface area contributed by atoms with Crippen LogP contribution in [0, 0.1) is 6.92 Å². The summed E-state index contributed by atoms with van der Waals surface area (Å²) in [7, 11) is -9.96. The molecule has 6 saturated heterocycles. The zero-order valence-corrected chi connectivity index (χ0v) is 51.2. The van der Waals surface area contributed by atoms with E-state index >= 15 is 0 Å². The summed E-state index contributed by atoms with van der Waals surface area (Å²) in [6, 6.07) is 7.76. The van der Waals surface area contributed by atoms with E-state index in [9.17, 15) is 58.4 Å². The summed E-state index contributed by atoms with van der Waals surface area (Å²) in [5.41, 5.74) is 18.0. The van der Waals surface area contributed by atoms with Crippen LogP contribution in [-0.4, -0.2) is 188 Å². The van der Waals surface area contributed by atoms with Gasteiger partial charge in [0.05, 0.1) is 42.6 Å². The number of nitrogen functional groups attached to an aromatic ring is 3. The van der Waals surface area contributed by atoms with Crippen molar-refractivity contribution in [3.63, 3.8) is 0 Å². The number of aliphatic hydroxyl groups is 4. The van der Waals surface area contributed by atoms with Crippen LogP contribution in [0.25, 0.3) is 44.1 Å². The summed E-state index contributed by atoms with van der Waals surface area (Å²) < 4.78 is 113. The van der Waals surface area contributed by atoms with Crippen molar-refractivity contribution in [1.29, 1.82) is 0 Å². The monoisotopic (exact) mass is 1370 g/mol. The largest absolute Gasteiger partial charge is 0.472 e. The number of H-pyrrole nitrogens is 2. The molecule has 4 bridgehead atoms.